The van der Waals surface area contributed by atoms with E-state index >= 15 is 0 Å². The minimum absolute atomic E-state index is 0.369. The molecule has 22 heavy (non-hydrogen) atoms. The molecule has 1 atom stereocenters. The summed E-state index contributed by atoms with van der Waals surface area (Å²) in [6.45, 7) is 0. The van der Waals surface area contributed by atoms with Crippen molar-refractivity contribution in [2.24, 2.45) is 0 Å². The first-order valence-corrected chi connectivity index (χ1v) is 7.73. The Labute approximate surface area is 132 Å². The second-order valence-corrected chi connectivity index (χ2v) is 5.95. The average Bonchev–Trinajstić information content (AvgIpc) is 2.87. The Kier molecular flexibility index (Phi) is 3.32. The molecule has 0 spiro atoms. The van der Waals surface area contributed by atoms with Crippen molar-refractivity contribution in [3.63, 3.8) is 0 Å². The fourth-order valence-electron chi connectivity index (χ4n) is 2.92. The zero-order chi connectivity index (χ0) is 15.1. The summed E-state index contributed by atoms with van der Waals surface area (Å²) in [4.78, 5) is 12.7. The molecular weight excluding hydrogens is 300 g/mol. The van der Waals surface area contributed by atoms with Crippen molar-refractivity contribution in [1.82, 2.24) is 19.5 Å². The van der Waals surface area contributed by atoms with Gasteiger partial charge in [0.15, 0.2) is 0 Å². The lowest BCUT2D eigenvalue weighted by molar-refractivity contribution is 0.216. The van der Waals surface area contributed by atoms with E-state index in [1.165, 1.54) is 12.7 Å². The molecule has 0 bridgehead atoms. The monoisotopic (exact) mass is 314 g/mol. The fraction of sp³-hybridized carbons (Fsp3) is 0.312. The summed E-state index contributed by atoms with van der Waals surface area (Å²) in [5, 5.41) is 11.8. The molecule has 0 aromatic carbocycles. The predicted octanol–water partition coefficient (Wildman–Crippen LogP) is 3.29. The number of aliphatic hydroxyl groups excluding tert-OH is 1. The molecule has 1 saturated carbocycles. The van der Waals surface area contributed by atoms with Crippen LogP contribution in [0, 0.1) is 0 Å². The Morgan fingerprint density at radius 1 is 1.23 bits per heavy atom. The minimum Gasteiger partial charge on any atom is -0.382 e. The van der Waals surface area contributed by atoms with E-state index in [1.807, 2.05) is 18.3 Å². The molecule has 4 rings (SSSR count). The molecule has 3 aromatic rings. The van der Waals surface area contributed by atoms with Crippen molar-refractivity contribution in [3.8, 4) is 0 Å². The molecule has 0 saturated heterocycles. The highest BCUT2D eigenvalue weighted by atomic mass is 35.5. The summed E-state index contributed by atoms with van der Waals surface area (Å²) in [7, 11) is 0. The maximum atomic E-state index is 10.7. The minimum atomic E-state index is -0.839. The first kappa shape index (κ1) is 13.7. The van der Waals surface area contributed by atoms with Crippen LogP contribution in [0.3, 0.4) is 0 Å². The number of halogens is 1. The van der Waals surface area contributed by atoms with Crippen molar-refractivity contribution < 1.29 is 5.11 Å². The second-order valence-electron chi connectivity index (χ2n) is 5.60. The molecular formula is C16H15ClN4O. The van der Waals surface area contributed by atoms with E-state index < -0.39 is 6.10 Å². The fourth-order valence-corrected chi connectivity index (χ4v) is 3.16. The normalized spacial score (nSPS) is 16.6. The van der Waals surface area contributed by atoms with Gasteiger partial charge in [-0.05, 0) is 31.4 Å². The lowest BCUT2D eigenvalue weighted by Gasteiger charge is -2.27. The number of aliphatic hydroxyl groups is 1. The zero-order valence-electron chi connectivity index (χ0n) is 11.9. The van der Waals surface area contributed by atoms with E-state index in [0.29, 0.717) is 27.8 Å². The van der Waals surface area contributed by atoms with Gasteiger partial charge in [-0.25, -0.2) is 9.97 Å². The summed E-state index contributed by atoms with van der Waals surface area (Å²) < 4.78 is 2.12. The van der Waals surface area contributed by atoms with Gasteiger partial charge in [-0.15, -0.1) is 0 Å². The van der Waals surface area contributed by atoms with Gasteiger partial charge in [-0.3, -0.25) is 4.98 Å². The highest BCUT2D eigenvalue weighted by Gasteiger charge is 2.27. The quantitative estimate of drug-likeness (QED) is 0.753. The van der Waals surface area contributed by atoms with Crippen LogP contribution in [-0.4, -0.2) is 24.6 Å². The lowest BCUT2D eigenvalue weighted by atomic mass is 9.93. The predicted molar refractivity (Wildman–Crippen MR) is 83.7 cm³/mol. The number of fused-ring (bicyclic) bond motifs is 1. The highest BCUT2D eigenvalue weighted by Crippen LogP contribution is 2.39. The van der Waals surface area contributed by atoms with E-state index in [1.54, 1.807) is 12.3 Å². The smallest absolute Gasteiger partial charge is 0.145 e. The van der Waals surface area contributed by atoms with Crippen molar-refractivity contribution in [1.29, 1.82) is 0 Å². The summed E-state index contributed by atoms with van der Waals surface area (Å²) >= 11 is 6.28. The molecule has 1 aliphatic carbocycles. The van der Waals surface area contributed by atoms with Crippen molar-refractivity contribution in [2.45, 2.75) is 31.4 Å². The van der Waals surface area contributed by atoms with Crippen molar-refractivity contribution in [2.75, 3.05) is 0 Å². The van der Waals surface area contributed by atoms with Gasteiger partial charge >= 0.3 is 0 Å². The molecule has 0 radical (unpaired) electrons. The summed E-state index contributed by atoms with van der Waals surface area (Å²) in [6, 6.07) is 5.91. The Hall–Kier alpha value is -1.98. The standard InChI is InChI=1S/C16H15ClN4O/c17-15-13-11(14(22)12-6-1-2-7-18-12)8-21(10-4-3-5-10)16(13)20-9-19-15/h1-2,6-10,14,22H,3-5H2. The van der Waals surface area contributed by atoms with Crippen LogP contribution >= 0.6 is 11.6 Å². The number of hydrogen-bond acceptors (Lipinski definition) is 4. The van der Waals surface area contributed by atoms with Crippen LogP contribution in [0.15, 0.2) is 36.9 Å². The molecule has 0 aliphatic heterocycles. The number of aromatic nitrogens is 4. The van der Waals surface area contributed by atoms with E-state index in [4.69, 9.17) is 11.6 Å². The van der Waals surface area contributed by atoms with E-state index in [0.717, 1.165) is 18.5 Å². The molecule has 3 aromatic heterocycles. The molecule has 5 nitrogen and oxygen atoms in total. The first-order chi connectivity index (χ1) is 10.8. The van der Waals surface area contributed by atoms with Crippen molar-refractivity contribution in [3.05, 3.63) is 53.3 Å². The van der Waals surface area contributed by atoms with E-state index in [2.05, 4.69) is 19.5 Å². The SMILES string of the molecule is OC(c1ccccn1)c1cn(C2CCC2)c2ncnc(Cl)c12. The number of pyridine rings is 1. The van der Waals surface area contributed by atoms with Gasteiger partial charge < -0.3 is 9.67 Å². The van der Waals surface area contributed by atoms with Crippen LogP contribution in [0.2, 0.25) is 5.15 Å². The molecule has 1 N–H and O–H groups in total. The Morgan fingerprint density at radius 2 is 2.09 bits per heavy atom. The van der Waals surface area contributed by atoms with Gasteiger partial charge in [0.2, 0.25) is 0 Å². The largest absolute Gasteiger partial charge is 0.382 e. The van der Waals surface area contributed by atoms with Crippen LogP contribution < -0.4 is 0 Å². The van der Waals surface area contributed by atoms with Crippen LogP contribution in [0.25, 0.3) is 11.0 Å². The van der Waals surface area contributed by atoms with E-state index in [9.17, 15) is 5.11 Å². The second kappa shape index (κ2) is 5.34. The molecule has 3 heterocycles. The third kappa shape index (κ3) is 2.09. The maximum absolute atomic E-state index is 10.7. The molecule has 112 valence electrons. The number of nitrogens with zero attached hydrogens (tertiary/aromatic N) is 4. The van der Waals surface area contributed by atoms with Crippen LogP contribution in [-0.2, 0) is 0 Å². The third-order valence-electron chi connectivity index (χ3n) is 4.32. The van der Waals surface area contributed by atoms with Crippen LogP contribution in [0.1, 0.15) is 42.7 Å². The van der Waals surface area contributed by atoms with Crippen LogP contribution in [0.4, 0.5) is 0 Å². The molecule has 1 fully saturated rings. The Balaban J connectivity index is 1.90. The van der Waals surface area contributed by atoms with Gasteiger partial charge in [-0.2, -0.15) is 0 Å². The number of rotatable bonds is 3. The zero-order valence-corrected chi connectivity index (χ0v) is 12.6. The summed E-state index contributed by atoms with van der Waals surface area (Å²) in [5.74, 6) is 0. The molecule has 1 unspecified atom stereocenters. The highest BCUT2D eigenvalue weighted by molar-refractivity contribution is 6.34. The third-order valence-corrected chi connectivity index (χ3v) is 4.61. The van der Waals surface area contributed by atoms with Gasteiger partial charge in [0.25, 0.3) is 0 Å². The molecule has 0 amide bonds. The van der Waals surface area contributed by atoms with Gasteiger partial charge in [0, 0.05) is 24.0 Å². The Morgan fingerprint density at radius 3 is 2.77 bits per heavy atom. The summed E-state index contributed by atoms with van der Waals surface area (Å²) in [6.07, 6.45) is 7.73. The number of hydrogen-bond donors (Lipinski definition) is 1. The van der Waals surface area contributed by atoms with E-state index in [-0.39, 0.29) is 0 Å². The topological polar surface area (TPSA) is 63.8 Å². The molecule has 6 heteroatoms. The maximum Gasteiger partial charge on any atom is 0.145 e. The lowest BCUT2D eigenvalue weighted by Crippen LogP contribution is -2.16. The van der Waals surface area contributed by atoms with Crippen molar-refractivity contribution >= 4 is 22.6 Å². The van der Waals surface area contributed by atoms with Gasteiger partial charge in [-0.1, -0.05) is 17.7 Å². The summed E-state index contributed by atoms with van der Waals surface area (Å²) in [5.41, 5.74) is 2.09. The molecule has 1 aliphatic rings. The average molecular weight is 315 g/mol. The van der Waals surface area contributed by atoms with Gasteiger partial charge in [0.05, 0.1) is 11.1 Å². The Bertz CT molecular complexity index is 814. The van der Waals surface area contributed by atoms with Gasteiger partial charge in [0.1, 0.15) is 23.2 Å². The van der Waals surface area contributed by atoms with Crippen LogP contribution in [0.5, 0.6) is 0 Å². The first-order valence-electron chi connectivity index (χ1n) is 7.35.